The SMILES string of the molecule is C=C/C=C\CCOc1cc(C)cc2c(OCCc3ccc4c(c3)CC4)cc(C)cc12. The van der Waals surface area contributed by atoms with Gasteiger partial charge in [0.15, 0.2) is 0 Å². The summed E-state index contributed by atoms with van der Waals surface area (Å²) in [5.74, 6) is 1.86. The quantitative estimate of drug-likeness (QED) is 0.295. The Morgan fingerprint density at radius 2 is 1.50 bits per heavy atom. The van der Waals surface area contributed by atoms with Crippen LogP contribution in [-0.2, 0) is 19.3 Å². The molecule has 0 saturated carbocycles. The van der Waals surface area contributed by atoms with Gasteiger partial charge in [0.2, 0.25) is 0 Å². The molecule has 1 aliphatic carbocycles. The van der Waals surface area contributed by atoms with Crippen LogP contribution in [0.5, 0.6) is 11.5 Å². The fourth-order valence-electron chi connectivity index (χ4n) is 4.02. The highest BCUT2D eigenvalue weighted by atomic mass is 16.5. The minimum absolute atomic E-state index is 0.644. The molecule has 0 heterocycles. The van der Waals surface area contributed by atoms with Gasteiger partial charge >= 0.3 is 0 Å². The fourth-order valence-corrected chi connectivity index (χ4v) is 4.02. The molecule has 4 rings (SSSR count). The monoisotopic (exact) mass is 398 g/mol. The Labute approximate surface area is 179 Å². The molecule has 0 aliphatic heterocycles. The summed E-state index contributed by atoms with van der Waals surface area (Å²) in [6.07, 6.45) is 10.0. The average molecular weight is 399 g/mol. The van der Waals surface area contributed by atoms with Crippen LogP contribution in [-0.4, -0.2) is 13.2 Å². The van der Waals surface area contributed by atoms with Crippen LogP contribution in [0.1, 0.15) is 34.2 Å². The summed E-state index contributed by atoms with van der Waals surface area (Å²) < 4.78 is 12.4. The first-order chi connectivity index (χ1) is 14.6. The molecule has 3 aromatic carbocycles. The van der Waals surface area contributed by atoms with Crippen LogP contribution >= 0.6 is 0 Å². The van der Waals surface area contributed by atoms with E-state index in [0.29, 0.717) is 13.2 Å². The minimum Gasteiger partial charge on any atom is -0.493 e. The summed E-state index contributed by atoms with van der Waals surface area (Å²) in [6.45, 7) is 9.24. The number of allylic oxidation sites excluding steroid dienone is 2. The number of aryl methyl sites for hydroxylation is 4. The number of ether oxygens (including phenoxy) is 2. The van der Waals surface area contributed by atoms with Crippen molar-refractivity contribution in [3.63, 3.8) is 0 Å². The fraction of sp³-hybridized carbons (Fsp3) is 0.286. The van der Waals surface area contributed by atoms with Crippen molar-refractivity contribution in [3.05, 3.63) is 95.1 Å². The summed E-state index contributed by atoms with van der Waals surface area (Å²) >= 11 is 0. The van der Waals surface area contributed by atoms with Gasteiger partial charge in [0.05, 0.1) is 13.2 Å². The second-order valence-electron chi connectivity index (χ2n) is 8.12. The molecule has 0 N–H and O–H groups in total. The van der Waals surface area contributed by atoms with Crippen LogP contribution in [0.15, 0.2) is 67.3 Å². The van der Waals surface area contributed by atoms with Crippen LogP contribution < -0.4 is 9.47 Å². The van der Waals surface area contributed by atoms with Gasteiger partial charge in [-0.3, -0.25) is 0 Å². The van der Waals surface area contributed by atoms with Gasteiger partial charge < -0.3 is 9.47 Å². The Morgan fingerprint density at radius 1 is 0.833 bits per heavy atom. The van der Waals surface area contributed by atoms with Gasteiger partial charge in [-0.25, -0.2) is 0 Å². The molecule has 0 atom stereocenters. The van der Waals surface area contributed by atoms with Crippen LogP contribution in [0.3, 0.4) is 0 Å². The summed E-state index contributed by atoms with van der Waals surface area (Å²) in [5, 5.41) is 2.23. The molecule has 0 spiro atoms. The molecule has 0 bridgehead atoms. The molecule has 1 aliphatic rings. The summed E-state index contributed by atoms with van der Waals surface area (Å²) in [5.41, 5.74) is 6.73. The number of fused-ring (bicyclic) bond motifs is 2. The van der Waals surface area contributed by atoms with E-state index >= 15 is 0 Å². The molecule has 2 nitrogen and oxygen atoms in total. The van der Waals surface area contributed by atoms with E-state index in [9.17, 15) is 0 Å². The lowest BCUT2D eigenvalue weighted by Gasteiger charge is -2.19. The average Bonchev–Trinajstić information content (AvgIpc) is 2.70. The maximum absolute atomic E-state index is 6.28. The normalized spacial score (nSPS) is 12.6. The predicted molar refractivity (Wildman–Crippen MR) is 126 cm³/mol. The van der Waals surface area contributed by atoms with E-state index < -0.39 is 0 Å². The molecule has 3 aromatic rings. The highest BCUT2D eigenvalue weighted by Crippen LogP contribution is 2.35. The van der Waals surface area contributed by atoms with E-state index in [1.165, 1.54) is 40.7 Å². The Morgan fingerprint density at radius 3 is 2.10 bits per heavy atom. The van der Waals surface area contributed by atoms with Crippen molar-refractivity contribution in [1.29, 1.82) is 0 Å². The van der Waals surface area contributed by atoms with Gasteiger partial charge in [0.25, 0.3) is 0 Å². The van der Waals surface area contributed by atoms with Crippen molar-refractivity contribution < 1.29 is 9.47 Å². The number of hydrogen-bond donors (Lipinski definition) is 0. The lowest BCUT2D eigenvalue weighted by atomic mass is 9.87. The second-order valence-corrected chi connectivity index (χ2v) is 8.12. The first-order valence-corrected chi connectivity index (χ1v) is 10.8. The van der Waals surface area contributed by atoms with Crippen LogP contribution in [0.4, 0.5) is 0 Å². The van der Waals surface area contributed by atoms with E-state index in [0.717, 1.165) is 35.1 Å². The largest absolute Gasteiger partial charge is 0.493 e. The number of rotatable bonds is 9. The Bertz CT molecular complexity index is 1090. The molecule has 0 unspecified atom stereocenters. The molecule has 0 radical (unpaired) electrons. The van der Waals surface area contributed by atoms with Gasteiger partial charge in [0.1, 0.15) is 11.5 Å². The third-order valence-electron chi connectivity index (χ3n) is 5.68. The molecular weight excluding hydrogens is 368 g/mol. The lowest BCUT2D eigenvalue weighted by molar-refractivity contribution is 0.323. The first-order valence-electron chi connectivity index (χ1n) is 10.8. The molecule has 0 saturated heterocycles. The van der Waals surface area contributed by atoms with Crippen molar-refractivity contribution in [2.24, 2.45) is 0 Å². The van der Waals surface area contributed by atoms with Crippen LogP contribution in [0.2, 0.25) is 0 Å². The summed E-state index contributed by atoms with van der Waals surface area (Å²) in [6, 6.07) is 15.5. The van der Waals surface area contributed by atoms with Crippen LogP contribution in [0.25, 0.3) is 10.8 Å². The highest BCUT2D eigenvalue weighted by molar-refractivity contribution is 5.94. The van der Waals surface area contributed by atoms with Crippen molar-refractivity contribution in [3.8, 4) is 11.5 Å². The van der Waals surface area contributed by atoms with E-state index in [4.69, 9.17) is 9.47 Å². The maximum atomic E-state index is 6.28. The van der Waals surface area contributed by atoms with Gasteiger partial charge in [-0.05, 0) is 85.2 Å². The third-order valence-corrected chi connectivity index (χ3v) is 5.68. The third kappa shape index (κ3) is 4.59. The zero-order valence-electron chi connectivity index (χ0n) is 18.0. The van der Waals surface area contributed by atoms with E-state index in [2.05, 4.69) is 69.0 Å². The molecule has 2 heteroatoms. The van der Waals surface area contributed by atoms with Gasteiger partial charge in [0, 0.05) is 17.2 Å². The Kier molecular flexibility index (Phi) is 6.23. The molecule has 0 amide bonds. The molecular formula is C28H30O2. The first kappa shape index (κ1) is 20.3. The van der Waals surface area contributed by atoms with Crippen molar-refractivity contribution in [2.75, 3.05) is 13.2 Å². The van der Waals surface area contributed by atoms with Crippen molar-refractivity contribution in [1.82, 2.24) is 0 Å². The molecule has 0 aromatic heterocycles. The number of benzene rings is 3. The second kappa shape index (κ2) is 9.21. The van der Waals surface area contributed by atoms with Crippen LogP contribution in [0, 0.1) is 13.8 Å². The zero-order valence-corrected chi connectivity index (χ0v) is 18.0. The van der Waals surface area contributed by atoms with Crippen molar-refractivity contribution >= 4 is 10.8 Å². The van der Waals surface area contributed by atoms with E-state index in [-0.39, 0.29) is 0 Å². The highest BCUT2D eigenvalue weighted by Gasteiger charge is 2.13. The molecule has 154 valence electrons. The van der Waals surface area contributed by atoms with Crippen molar-refractivity contribution in [2.45, 2.75) is 39.5 Å². The topological polar surface area (TPSA) is 18.5 Å². The standard InChI is InChI=1S/C28H30O2/c1-4-5-6-7-13-29-27-17-20(2)16-26-25(27)15-21(3)18-28(26)30-14-12-22-8-9-23-10-11-24(23)19-22/h4-6,8-9,15-19H,1,7,10-14H2,2-3H3/b6-5-. The Balaban J connectivity index is 1.51. The zero-order chi connectivity index (χ0) is 20.9. The smallest absolute Gasteiger partial charge is 0.127 e. The predicted octanol–water partition coefficient (Wildman–Crippen LogP) is 6.69. The maximum Gasteiger partial charge on any atom is 0.127 e. The Hall–Kier alpha value is -3.00. The van der Waals surface area contributed by atoms with E-state index in [1.54, 1.807) is 6.08 Å². The molecule has 30 heavy (non-hydrogen) atoms. The minimum atomic E-state index is 0.644. The number of hydrogen-bond acceptors (Lipinski definition) is 2. The van der Waals surface area contributed by atoms with Gasteiger partial charge in [-0.15, -0.1) is 0 Å². The summed E-state index contributed by atoms with van der Waals surface area (Å²) in [4.78, 5) is 0. The van der Waals surface area contributed by atoms with Gasteiger partial charge in [-0.2, -0.15) is 0 Å². The summed E-state index contributed by atoms with van der Waals surface area (Å²) in [7, 11) is 0. The van der Waals surface area contributed by atoms with E-state index in [1.807, 2.05) is 6.08 Å². The van der Waals surface area contributed by atoms with Gasteiger partial charge in [-0.1, -0.05) is 43.0 Å². The molecule has 0 fully saturated rings. The lowest BCUT2D eigenvalue weighted by Crippen LogP contribution is -2.09.